The summed E-state index contributed by atoms with van der Waals surface area (Å²) >= 11 is 0. The highest BCUT2D eigenvalue weighted by molar-refractivity contribution is 5.18. The molecule has 0 fully saturated rings. The smallest absolute Gasteiger partial charge is 0.126 e. The fraction of sp³-hybridized carbons (Fsp3) is 0.400. The largest absolute Gasteiger partial charge is 0.370 e. The van der Waals surface area contributed by atoms with Gasteiger partial charge in [0.2, 0.25) is 0 Å². The Morgan fingerprint density at radius 3 is 2.86 bits per heavy atom. The highest BCUT2D eigenvalue weighted by atomic mass is 19.1. The van der Waals surface area contributed by atoms with Crippen molar-refractivity contribution >= 4 is 0 Å². The highest BCUT2D eigenvalue weighted by Gasteiger charge is 2.02. The molecule has 0 saturated heterocycles. The molecule has 0 amide bonds. The highest BCUT2D eigenvalue weighted by Crippen LogP contribution is 2.09. The van der Waals surface area contributed by atoms with E-state index in [-0.39, 0.29) is 5.82 Å². The quantitative estimate of drug-likeness (QED) is 0.578. The van der Waals surface area contributed by atoms with Crippen molar-refractivity contribution in [3.8, 4) is 0 Å². The Balaban J connectivity index is 2.45. The van der Waals surface area contributed by atoms with Gasteiger partial charge in [0.05, 0.1) is 6.73 Å². The number of benzene rings is 1. The summed E-state index contributed by atoms with van der Waals surface area (Å²) in [5, 5.41) is 2.92. The fourth-order valence-electron chi connectivity index (χ4n) is 1.13. The number of methoxy groups -OCH3 is 1. The summed E-state index contributed by atoms with van der Waals surface area (Å²) in [5.74, 6) is -0.779. The molecule has 0 aromatic heterocycles. The Bertz CT molecular complexity index is 291. The number of hydrogen-bond donors (Lipinski definition) is 1. The third-order valence-electron chi connectivity index (χ3n) is 1.83. The van der Waals surface area contributed by atoms with Gasteiger partial charge in [0.1, 0.15) is 11.6 Å². The first kappa shape index (κ1) is 11.1. The minimum absolute atomic E-state index is 0.370. The van der Waals surface area contributed by atoms with Gasteiger partial charge in [0.15, 0.2) is 0 Å². The molecule has 0 radical (unpaired) electrons. The monoisotopic (exact) mass is 201 g/mol. The fourth-order valence-corrected chi connectivity index (χ4v) is 1.13. The Kier molecular flexibility index (Phi) is 4.49. The predicted molar refractivity (Wildman–Crippen MR) is 49.9 cm³/mol. The van der Waals surface area contributed by atoms with Crippen molar-refractivity contribution in [3.05, 3.63) is 35.4 Å². The lowest BCUT2D eigenvalue weighted by atomic mass is 10.1. The van der Waals surface area contributed by atoms with Crippen LogP contribution in [-0.2, 0) is 11.2 Å². The van der Waals surface area contributed by atoms with Crippen LogP contribution in [0.2, 0.25) is 0 Å². The molecule has 1 N–H and O–H groups in total. The molecule has 1 aromatic rings. The minimum atomic E-state index is -0.409. The SMILES string of the molecule is COCNCCc1cc(F)ccc1F. The molecule has 0 saturated carbocycles. The lowest BCUT2D eigenvalue weighted by Gasteiger charge is -2.04. The van der Waals surface area contributed by atoms with E-state index in [1.807, 2.05) is 0 Å². The lowest BCUT2D eigenvalue weighted by molar-refractivity contribution is 0.176. The van der Waals surface area contributed by atoms with Crippen molar-refractivity contribution in [2.24, 2.45) is 0 Å². The van der Waals surface area contributed by atoms with Crippen LogP contribution in [0.15, 0.2) is 18.2 Å². The van der Waals surface area contributed by atoms with Gasteiger partial charge in [-0.05, 0) is 30.2 Å². The normalized spacial score (nSPS) is 10.5. The summed E-state index contributed by atoms with van der Waals surface area (Å²) in [6.07, 6.45) is 0.451. The number of ether oxygens (including phenoxy) is 1. The lowest BCUT2D eigenvalue weighted by Crippen LogP contribution is -2.19. The molecule has 0 atom stereocenters. The van der Waals surface area contributed by atoms with E-state index in [9.17, 15) is 8.78 Å². The van der Waals surface area contributed by atoms with Gasteiger partial charge < -0.3 is 4.74 Å². The predicted octanol–water partition coefficient (Wildman–Crippen LogP) is 1.70. The Morgan fingerprint density at radius 1 is 1.36 bits per heavy atom. The molecule has 1 aromatic carbocycles. The molecule has 0 aliphatic rings. The number of halogens is 2. The number of rotatable bonds is 5. The van der Waals surface area contributed by atoms with Gasteiger partial charge in [0.25, 0.3) is 0 Å². The summed E-state index contributed by atoms with van der Waals surface area (Å²) in [6.45, 7) is 0.977. The standard InChI is InChI=1S/C10H13F2NO/c1-14-7-13-5-4-8-6-9(11)2-3-10(8)12/h2-3,6,13H,4-5,7H2,1H3. The van der Waals surface area contributed by atoms with Crippen LogP contribution >= 0.6 is 0 Å². The summed E-state index contributed by atoms with van der Waals surface area (Å²) in [4.78, 5) is 0. The molecule has 0 aliphatic carbocycles. The molecule has 2 nitrogen and oxygen atoms in total. The van der Waals surface area contributed by atoms with E-state index in [1.165, 1.54) is 6.07 Å². The molecule has 0 unspecified atom stereocenters. The van der Waals surface area contributed by atoms with Crippen molar-refractivity contribution in [1.29, 1.82) is 0 Å². The van der Waals surface area contributed by atoms with E-state index in [0.717, 1.165) is 12.1 Å². The molecule has 0 aliphatic heterocycles. The first-order valence-electron chi connectivity index (χ1n) is 4.37. The summed E-state index contributed by atoms with van der Waals surface area (Å²) in [7, 11) is 1.57. The van der Waals surface area contributed by atoms with Gasteiger partial charge in [-0.2, -0.15) is 0 Å². The maximum atomic E-state index is 13.1. The zero-order valence-corrected chi connectivity index (χ0v) is 8.02. The van der Waals surface area contributed by atoms with Gasteiger partial charge in [-0.3, -0.25) is 5.32 Å². The van der Waals surface area contributed by atoms with Crippen LogP contribution in [0.3, 0.4) is 0 Å². The third-order valence-corrected chi connectivity index (χ3v) is 1.83. The van der Waals surface area contributed by atoms with Crippen molar-refractivity contribution in [3.63, 3.8) is 0 Å². The molecule has 0 spiro atoms. The second-order valence-corrected chi connectivity index (χ2v) is 2.92. The molecular formula is C10H13F2NO. The van der Waals surface area contributed by atoms with Crippen molar-refractivity contribution in [2.45, 2.75) is 6.42 Å². The minimum Gasteiger partial charge on any atom is -0.370 e. The first-order valence-corrected chi connectivity index (χ1v) is 4.37. The van der Waals surface area contributed by atoms with Gasteiger partial charge in [-0.25, -0.2) is 8.78 Å². The van der Waals surface area contributed by atoms with Crippen LogP contribution in [0, 0.1) is 11.6 Å². The molecule has 78 valence electrons. The second-order valence-electron chi connectivity index (χ2n) is 2.92. The molecule has 0 heterocycles. The zero-order chi connectivity index (χ0) is 10.4. The van der Waals surface area contributed by atoms with E-state index < -0.39 is 5.82 Å². The first-order chi connectivity index (χ1) is 6.74. The van der Waals surface area contributed by atoms with Crippen LogP contribution < -0.4 is 5.32 Å². The van der Waals surface area contributed by atoms with Crippen molar-refractivity contribution in [2.75, 3.05) is 20.4 Å². The van der Waals surface area contributed by atoms with Gasteiger partial charge in [-0.1, -0.05) is 0 Å². The van der Waals surface area contributed by atoms with E-state index in [1.54, 1.807) is 7.11 Å². The van der Waals surface area contributed by atoms with Crippen LogP contribution in [-0.4, -0.2) is 20.4 Å². The van der Waals surface area contributed by atoms with E-state index >= 15 is 0 Å². The maximum Gasteiger partial charge on any atom is 0.126 e. The van der Waals surface area contributed by atoms with E-state index in [0.29, 0.717) is 25.3 Å². The average molecular weight is 201 g/mol. The molecular weight excluding hydrogens is 188 g/mol. The van der Waals surface area contributed by atoms with Crippen LogP contribution in [0.5, 0.6) is 0 Å². The topological polar surface area (TPSA) is 21.3 Å². The van der Waals surface area contributed by atoms with Crippen LogP contribution in [0.4, 0.5) is 8.78 Å². The van der Waals surface area contributed by atoms with Crippen LogP contribution in [0.25, 0.3) is 0 Å². The maximum absolute atomic E-state index is 13.1. The van der Waals surface area contributed by atoms with Crippen molar-refractivity contribution < 1.29 is 13.5 Å². The number of nitrogens with one attached hydrogen (secondary N) is 1. The average Bonchev–Trinajstić information content (AvgIpc) is 2.18. The molecule has 4 heteroatoms. The van der Waals surface area contributed by atoms with Gasteiger partial charge in [-0.15, -0.1) is 0 Å². The molecule has 14 heavy (non-hydrogen) atoms. The Labute approximate surface area is 81.9 Å². The summed E-state index contributed by atoms with van der Waals surface area (Å²) < 4.78 is 30.5. The van der Waals surface area contributed by atoms with E-state index in [2.05, 4.69) is 5.32 Å². The summed E-state index contributed by atoms with van der Waals surface area (Å²) in [6, 6.07) is 3.46. The molecule has 1 rings (SSSR count). The Hall–Kier alpha value is -1.00. The second kappa shape index (κ2) is 5.67. The van der Waals surface area contributed by atoms with Crippen LogP contribution in [0.1, 0.15) is 5.56 Å². The number of hydrogen-bond acceptors (Lipinski definition) is 2. The third kappa shape index (κ3) is 3.40. The zero-order valence-electron chi connectivity index (χ0n) is 8.02. The summed E-state index contributed by atoms with van der Waals surface area (Å²) in [5.41, 5.74) is 0.383. The van der Waals surface area contributed by atoms with E-state index in [4.69, 9.17) is 4.74 Å². The van der Waals surface area contributed by atoms with Gasteiger partial charge >= 0.3 is 0 Å². The Morgan fingerprint density at radius 2 is 2.14 bits per heavy atom. The van der Waals surface area contributed by atoms with Gasteiger partial charge in [0, 0.05) is 13.7 Å². The molecule has 0 bridgehead atoms. The van der Waals surface area contributed by atoms with Crippen molar-refractivity contribution in [1.82, 2.24) is 5.32 Å².